The third-order valence-electron chi connectivity index (χ3n) is 6.77. The average Bonchev–Trinajstić information content (AvgIpc) is 3.31. The summed E-state index contributed by atoms with van der Waals surface area (Å²) in [6.45, 7) is 20.3. The number of halogens is 2. The average molecular weight is 580 g/mol. The highest BCUT2D eigenvalue weighted by molar-refractivity contribution is 6.06. The molecule has 3 N–H and O–H groups in total. The van der Waals surface area contributed by atoms with Crippen molar-refractivity contribution in [1.82, 2.24) is 4.98 Å². The Labute approximate surface area is 252 Å². The van der Waals surface area contributed by atoms with Crippen LogP contribution in [-0.2, 0) is 6.42 Å². The van der Waals surface area contributed by atoms with Crippen molar-refractivity contribution in [1.29, 1.82) is 0 Å². The maximum Gasteiger partial charge on any atom is 0.255 e. The summed E-state index contributed by atoms with van der Waals surface area (Å²) in [6, 6.07) is 11.3. The maximum absolute atomic E-state index is 14.0. The molecule has 0 saturated carbocycles. The molecular weight excluding hydrogens is 528 g/mol. The molecule has 0 aliphatic heterocycles. The van der Waals surface area contributed by atoms with Gasteiger partial charge in [0.15, 0.2) is 0 Å². The normalized spacial score (nSPS) is 11.2. The second kappa shape index (κ2) is 19.5. The van der Waals surface area contributed by atoms with Crippen LogP contribution in [0.15, 0.2) is 60.8 Å². The number of hydrogen-bond acceptors (Lipinski definition) is 2. The number of H-pyrrole nitrogens is 1. The van der Waals surface area contributed by atoms with Gasteiger partial charge >= 0.3 is 0 Å². The molecule has 1 atom stereocenters. The van der Waals surface area contributed by atoms with Crippen LogP contribution in [0.25, 0.3) is 6.08 Å². The van der Waals surface area contributed by atoms with Crippen molar-refractivity contribution in [2.45, 2.75) is 99.8 Å². The molecule has 4 nitrogen and oxygen atoms in total. The highest BCUT2D eigenvalue weighted by atomic mass is 19.1. The van der Waals surface area contributed by atoms with Crippen LogP contribution in [0, 0.1) is 18.6 Å². The van der Waals surface area contributed by atoms with E-state index in [0.29, 0.717) is 29.3 Å². The Morgan fingerprint density at radius 2 is 1.62 bits per heavy atom. The number of rotatable bonds is 13. The third kappa shape index (κ3) is 10.6. The monoisotopic (exact) mass is 579 g/mol. The van der Waals surface area contributed by atoms with E-state index in [1.807, 2.05) is 59.8 Å². The van der Waals surface area contributed by atoms with E-state index in [-0.39, 0.29) is 11.6 Å². The van der Waals surface area contributed by atoms with E-state index in [4.69, 9.17) is 0 Å². The summed E-state index contributed by atoms with van der Waals surface area (Å²) in [5.74, 6) is -0.990. The van der Waals surface area contributed by atoms with Crippen LogP contribution in [-0.4, -0.2) is 10.9 Å². The number of amides is 1. The topological polar surface area (TPSA) is 56.9 Å². The van der Waals surface area contributed by atoms with Gasteiger partial charge in [-0.3, -0.25) is 4.79 Å². The first-order chi connectivity index (χ1) is 20.3. The molecule has 6 heteroatoms. The van der Waals surface area contributed by atoms with E-state index in [0.717, 1.165) is 35.9 Å². The second-order valence-electron chi connectivity index (χ2n) is 9.68. The Bertz CT molecular complexity index is 1280. The number of allylic oxidation sites excluding steroid dienone is 1. The van der Waals surface area contributed by atoms with Crippen LogP contribution < -0.4 is 10.6 Å². The van der Waals surface area contributed by atoms with Gasteiger partial charge in [0.25, 0.3) is 5.91 Å². The van der Waals surface area contributed by atoms with Crippen molar-refractivity contribution < 1.29 is 13.6 Å². The lowest BCUT2D eigenvalue weighted by Crippen LogP contribution is -2.13. The fraction of sp³-hybridized carbons (Fsp3) is 0.417. The fourth-order valence-electron chi connectivity index (χ4n) is 4.68. The number of nitrogens with one attached hydrogen (secondary N) is 3. The van der Waals surface area contributed by atoms with Crippen molar-refractivity contribution in [3.63, 3.8) is 0 Å². The highest BCUT2D eigenvalue weighted by Gasteiger charge is 2.17. The maximum atomic E-state index is 14.0. The van der Waals surface area contributed by atoms with Crippen LogP contribution in [0.3, 0.4) is 0 Å². The van der Waals surface area contributed by atoms with E-state index in [1.165, 1.54) is 37.0 Å². The molecule has 1 aromatic heterocycles. The number of aromatic nitrogens is 1. The lowest BCUT2D eigenvalue weighted by molar-refractivity contribution is 0.102. The standard InChI is InChI=1S/C32H39F2N3O.2C2H6/c1-6-9-11-23(10-7-2)24-13-15-25(16-14-24)32(38)37-31-27(22(5)36-29(31)8-3)18-12-21(4)35-30-19-17-26(33)20-28(30)34;2*1-2/h12-20,23,35-36H,4,6-11H2,1-3,5H3,(H,37,38);2*1-2H3/b18-12-;;. The minimum atomic E-state index is -0.698. The zero-order chi connectivity index (χ0) is 31.7. The third-order valence-corrected chi connectivity index (χ3v) is 6.77. The van der Waals surface area contributed by atoms with Crippen LogP contribution >= 0.6 is 0 Å². The van der Waals surface area contributed by atoms with Crippen LogP contribution in [0.2, 0.25) is 0 Å². The number of aryl methyl sites for hydroxylation is 2. The van der Waals surface area contributed by atoms with Crippen molar-refractivity contribution in [2.24, 2.45) is 0 Å². The molecule has 0 saturated heterocycles. The lowest BCUT2D eigenvalue weighted by Gasteiger charge is -2.17. The van der Waals surface area contributed by atoms with Gasteiger partial charge in [0.2, 0.25) is 0 Å². The Kier molecular flexibility index (Phi) is 16.8. The Morgan fingerprint density at radius 3 is 2.19 bits per heavy atom. The van der Waals surface area contributed by atoms with Crippen LogP contribution in [0.4, 0.5) is 20.2 Å². The van der Waals surface area contributed by atoms with Gasteiger partial charge in [-0.1, -0.05) is 86.4 Å². The van der Waals surface area contributed by atoms with Gasteiger partial charge in [-0.2, -0.15) is 0 Å². The predicted molar refractivity (Wildman–Crippen MR) is 177 cm³/mol. The first-order valence-corrected chi connectivity index (χ1v) is 15.5. The Balaban J connectivity index is 0.00000211. The summed E-state index contributed by atoms with van der Waals surface area (Å²) in [6.07, 6.45) is 10.1. The molecule has 1 unspecified atom stereocenters. The van der Waals surface area contributed by atoms with Gasteiger partial charge in [-0.25, -0.2) is 8.78 Å². The number of aromatic amines is 1. The van der Waals surface area contributed by atoms with E-state index in [1.54, 1.807) is 6.08 Å². The Hall–Kier alpha value is -3.67. The second-order valence-corrected chi connectivity index (χ2v) is 9.68. The lowest BCUT2D eigenvalue weighted by atomic mass is 9.89. The SMILES string of the molecule is C=C(/C=C\c1c(C)[nH]c(CC)c1NC(=O)c1ccc(C(CCC)CCCC)cc1)Nc1ccc(F)cc1F.CC.CC. The molecule has 0 fully saturated rings. The molecule has 0 aliphatic rings. The molecule has 0 aliphatic carbocycles. The summed E-state index contributed by atoms with van der Waals surface area (Å²) in [7, 11) is 0. The number of carbonyl (C=O) groups excluding carboxylic acids is 1. The number of anilines is 2. The molecule has 3 rings (SSSR count). The van der Waals surface area contributed by atoms with Gasteiger partial charge in [0, 0.05) is 34.3 Å². The van der Waals surface area contributed by atoms with Crippen LogP contribution in [0.1, 0.15) is 119 Å². The quantitative estimate of drug-likeness (QED) is 0.176. The molecule has 3 aromatic rings. The number of carbonyl (C=O) groups is 1. The van der Waals surface area contributed by atoms with Crippen molar-refractivity contribution >= 4 is 23.4 Å². The minimum Gasteiger partial charge on any atom is -0.360 e. The minimum absolute atomic E-state index is 0.133. The highest BCUT2D eigenvalue weighted by Crippen LogP contribution is 2.30. The van der Waals surface area contributed by atoms with Crippen molar-refractivity contribution in [3.05, 3.63) is 101 Å². The molecule has 0 bridgehead atoms. The molecule has 0 radical (unpaired) electrons. The number of hydrogen-bond donors (Lipinski definition) is 3. The van der Waals surface area contributed by atoms with Crippen LogP contribution in [0.5, 0.6) is 0 Å². The summed E-state index contributed by atoms with van der Waals surface area (Å²) < 4.78 is 27.2. The van der Waals surface area contributed by atoms with E-state index in [9.17, 15) is 13.6 Å². The summed E-state index contributed by atoms with van der Waals surface area (Å²) in [5, 5.41) is 5.94. The molecule has 1 heterocycles. The van der Waals surface area contributed by atoms with E-state index >= 15 is 0 Å². The molecular formula is C36H51F2N3O. The molecule has 1 amide bonds. The summed E-state index contributed by atoms with van der Waals surface area (Å²) >= 11 is 0. The Morgan fingerprint density at radius 1 is 0.952 bits per heavy atom. The largest absolute Gasteiger partial charge is 0.360 e. The zero-order valence-electron chi connectivity index (χ0n) is 26.9. The predicted octanol–water partition coefficient (Wildman–Crippen LogP) is 11.2. The first-order valence-electron chi connectivity index (χ1n) is 15.5. The summed E-state index contributed by atoms with van der Waals surface area (Å²) in [4.78, 5) is 16.6. The van der Waals surface area contributed by atoms with Gasteiger partial charge in [0.05, 0.1) is 11.4 Å². The molecule has 42 heavy (non-hydrogen) atoms. The smallest absolute Gasteiger partial charge is 0.255 e. The van der Waals surface area contributed by atoms with Gasteiger partial charge < -0.3 is 15.6 Å². The molecule has 230 valence electrons. The zero-order valence-corrected chi connectivity index (χ0v) is 26.9. The van der Waals surface area contributed by atoms with Gasteiger partial charge in [-0.15, -0.1) is 0 Å². The van der Waals surface area contributed by atoms with E-state index < -0.39 is 11.6 Å². The van der Waals surface area contributed by atoms with E-state index in [2.05, 4.69) is 48.2 Å². The molecule has 2 aromatic carbocycles. The number of benzene rings is 2. The van der Waals surface area contributed by atoms with Gasteiger partial charge in [0.1, 0.15) is 11.6 Å². The van der Waals surface area contributed by atoms with Gasteiger partial charge in [-0.05, 0) is 74.1 Å². The summed E-state index contributed by atoms with van der Waals surface area (Å²) in [5.41, 5.74) is 5.78. The van der Waals surface area contributed by atoms with Crippen molar-refractivity contribution in [2.75, 3.05) is 10.6 Å². The first kappa shape index (κ1) is 36.4. The van der Waals surface area contributed by atoms with Crippen molar-refractivity contribution in [3.8, 4) is 0 Å². The molecule has 0 spiro atoms. The fourth-order valence-corrected chi connectivity index (χ4v) is 4.68. The number of unbranched alkanes of at least 4 members (excludes halogenated alkanes) is 1.